The average molecular weight is 607 g/mol. The number of nitrogens with one attached hydrogen (secondary N) is 1. The zero-order valence-electron chi connectivity index (χ0n) is 20.2. The van der Waals surface area contributed by atoms with Crippen molar-refractivity contribution < 1.29 is 50.8 Å². The van der Waals surface area contributed by atoms with Crippen molar-refractivity contribution in [2.24, 2.45) is 5.10 Å². The number of allylic oxidation sites excluding steroid dienone is 2. The zero-order valence-corrected chi connectivity index (χ0v) is 21.8. The van der Waals surface area contributed by atoms with E-state index in [4.69, 9.17) is 9.11 Å². The molecule has 1 aliphatic rings. The van der Waals surface area contributed by atoms with Gasteiger partial charge < -0.3 is 15.3 Å². The van der Waals surface area contributed by atoms with Crippen LogP contribution in [0, 0.1) is 0 Å². The summed E-state index contributed by atoms with van der Waals surface area (Å²) in [5, 5.41) is 35.9. The molecule has 4 rings (SSSR count). The van der Waals surface area contributed by atoms with Crippen molar-refractivity contribution in [3.8, 4) is 5.69 Å². The lowest BCUT2D eigenvalue weighted by atomic mass is 10.1. The van der Waals surface area contributed by atoms with Crippen LogP contribution in [0.15, 0.2) is 85.9 Å². The maximum Gasteiger partial charge on any atom is 0.357 e. The third kappa shape index (κ3) is 5.91. The highest BCUT2D eigenvalue weighted by Crippen LogP contribution is 2.25. The van der Waals surface area contributed by atoms with E-state index in [1.165, 1.54) is 0 Å². The number of amides is 1. The number of hydrazone groups is 1. The van der Waals surface area contributed by atoms with Gasteiger partial charge in [-0.25, -0.2) is 9.48 Å². The number of anilines is 1. The number of H-pyrrole nitrogens is 1. The predicted molar refractivity (Wildman–Crippen MR) is 139 cm³/mol. The maximum absolute atomic E-state index is 13.0. The number of aliphatic hydroxyl groups is 2. The summed E-state index contributed by atoms with van der Waals surface area (Å²) in [4.78, 5) is 36.7. The van der Waals surface area contributed by atoms with Crippen LogP contribution < -0.4 is 10.6 Å². The number of carbonyl (C=O) groups excluding carboxylic acids is 1. The molecule has 16 nitrogen and oxygen atoms in total. The summed E-state index contributed by atoms with van der Waals surface area (Å²) in [6, 6.07) is 8.52. The number of aromatic amines is 1. The number of hydrogen-bond donors (Lipinski definition) is 6. The minimum Gasteiger partial charge on any atom is -0.476 e. The van der Waals surface area contributed by atoms with E-state index in [0.717, 1.165) is 71.4 Å². The van der Waals surface area contributed by atoms with E-state index < -0.39 is 70.7 Å². The molecule has 3 aromatic rings. The van der Waals surface area contributed by atoms with Crippen LogP contribution in [0.2, 0.25) is 0 Å². The molecule has 0 atom stereocenters. The first-order valence-electron chi connectivity index (χ1n) is 11.0. The molecule has 2 aromatic carbocycles. The van der Waals surface area contributed by atoms with Gasteiger partial charge in [-0.2, -0.15) is 26.9 Å². The van der Waals surface area contributed by atoms with Gasteiger partial charge in [-0.05, 0) is 60.7 Å². The summed E-state index contributed by atoms with van der Waals surface area (Å²) in [6.07, 6.45) is 0.963. The fourth-order valence-electron chi connectivity index (χ4n) is 3.67. The summed E-state index contributed by atoms with van der Waals surface area (Å²) >= 11 is 0. The first-order chi connectivity index (χ1) is 19.1. The van der Waals surface area contributed by atoms with Crippen molar-refractivity contribution in [3.63, 3.8) is 0 Å². The van der Waals surface area contributed by atoms with Gasteiger partial charge in [0, 0.05) is 0 Å². The lowest BCUT2D eigenvalue weighted by Crippen LogP contribution is -2.22. The van der Waals surface area contributed by atoms with Gasteiger partial charge in [0.25, 0.3) is 31.7 Å². The first-order valence-corrected chi connectivity index (χ1v) is 13.9. The van der Waals surface area contributed by atoms with Crippen molar-refractivity contribution >= 4 is 49.6 Å². The van der Waals surface area contributed by atoms with Gasteiger partial charge >= 0.3 is 5.97 Å². The van der Waals surface area contributed by atoms with Crippen molar-refractivity contribution in [2.45, 2.75) is 16.1 Å². The minimum absolute atomic E-state index is 0.0206. The van der Waals surface area contributed by atoms with E-state index >= 15 is 0 Å². The lowest BCUT2D eigenvalue weighted by molar-refractivity contribution is -0.129. The zero-order chi connectivity index (χ0) is 30.3. The standard InChI is InChI=1S/C23H18N4O12S2/c28-20-16(18(22(30)31)24-26(20)12-4-8-14(9-5-12)40(34,35)36)2-1-3-17-19(23(32)33)25-27(21(17)29)13-6-10-15(11-7-13)41(37,38)39/h1-11,22,24,30-31H,(H,32,33)(H,34,35,36)(H,37,38,39)/b2-1+,17-3-. The second kappa shape index (κ2) is 10.7. The van der Waals surface area contributed by atoms with Gasteiger partial charge in [0.2, 0.25) is 0 Å². The summed E-state index contributed by atoms with van der Waals surface area (Å²) in [6.45, 7) is 0. The topological polar surface area (TPSA) is 257 Å². The van der Waals surface area contributed by atoms with Gasteiger partial charge in [-0.1, -0.05) is 6.08 Å². The fourth-order valence-corrected chi connectivity index (χ4v) is 4.63. The quantitative estimate of drug-likeness (QED) is 0.113. The number of benzene rings is 2. The van der Waals surface area contributed by atoms with Gasteiger partial charge in [0.1, 0.15) is 5.69 Å². The summed E-state index contributed by atoms with van der Waals surface area (Å²) in [5.41, 5.74) is -2.63. The Morgan fingerprint density at radius 2 is 1.39 bits per heavy atom. The van der Waals surface area contributed by atoms with Crippen molar-refractivity contribution in [3.05, 3.63) is 87.9 Å². The Bertz CT molecular complexity index is 1920. The molecule has 0 fully saturated rings. The molecule has 0 saturated heterocycles. The molecule has 0 saturated carbocycles. The predicted octanol–water partition coefficient (Wildman–Crippen LogP) is 0.0692. The van der Waals surface area contributed by atoms with E-state index in [1.807, 2.05) is 0 Å². The molecule has 2 heterocycles. The molecule has 214 valence electrons. The lowest BCUT2D eigenvalue weighted by Gasteiger charge is -2.11. The molecule has 1 amide bonds. The number of aromatic nitrogens is 2. The van der Waals surface area contributed by atoms with Gasteiger partial charge in [-0.15, -0.1) is 0 Å². The normalized spacial score (nSPS) is 15.3. The molecule has 0 spiro atoms. The summed E-state index contributed by atoms with van der Waals surface area (Å²) < 4.78 is 64.1. The second-order valence-corrected chi connectivity index (χ2v) is 11.0. The van der Waals surface area contributed by atoms with Crippen LogP contribution in [0.1, 0.15) is 17.5 Å². The Morgan fingerprint density at radius 1 is 0.878 bits per heavy atom. The van der Waals surface area contributed by atoms with Crippen molar-refractivity contribution in [1.82, 2.24) is 9.78 Å². The number of carboxylic acids is 1. The van der Waals surface area contributed by atoms with Gasteiger partial charge in [0.15, 0.2) is 12.0 Å². The number of aliphatic carboxylic acids is 1. The smallest absolute Gasteiger partial charge is 0.357 e. The molecule has 0 aliphatic carbocycles. The third-order valence-corrected chi connectivity index (χ3v) is 7.33. The van der Waals surface area contributed by atoms with Crippen LogP contribution in [0.25, 0.3) is 11.8 Å². The van der Waals surface area contributed by atoms with Gasteiger partial charge in [-0.3, -0.25) is 23.8 Å². The maximum atomic E-state index is 13.0. The Hall–Kier alpha value is -4.72. The molecular weight excluding hydrogens is 588 g/mol. The molecule has 1 aromatic heterocycles. The number of nitrogens with zero attached hydrogens (tertiary/aromatic N) is 3. The molecular formula is C23H18N4O12S2. The van der Waals surface area contributed by atoms with Crippen LogP contribution in [-0.4, -0.2) is 68.6 Å². The highest BCUT2D eigenvalue weighted by Gasteiger charge is 2.35. The van der Waals surface area contributed by atoms with E-state index in [9.17, 15) is 46.5 Å². The molecule has 0 radical (unpaired) electrons. The molecule has 41 heavy (non-hydrogen) atoms. The van der Waals surface area contributed by atoms with Crippen molar-refractivity contribution in [1.29, 1.82) is 0 Å². The number of carboxylic acid groups (broad SMARTS) is 1. The van der Waals surface area contributed by atoms with E-state index in [-0.39, 0.29) is 16.9 Å². The average Bonchev–Trinajstić information content (AvgIpc) is 3.40. The third-order valence-electron chi connectivity index (χ3n) is 5.59. The van der Waals surface area contributed by atoms with Crippen LogP contribution in [0.5, 0.6) is 0 Å². The van der Waals surface area contributed by atoms with Crippen LogP contribution in [0.4, 0.5) is 5.69 Å². The Kier molecular flexibility index (Phi) is 7.63. The van der Waals surface area contributed by atoms with Crippen LogP contribution in [0.3, 0.4) is 0 Å². The number of aliphatic hydroxyl groups excluding tert-OH is 1. The number of hydrogen-bond acceptors (Lipinski definition) is 10. The number of rotatable bonds is 8. The Morgan fingerprint density at radius 3 is 1.85 bits per heavy atom. The minimum atomic E-state index is -4.52. The van der Waals surface area contributed by atoms with Crippen LogP contribution in [-0.2, 0) is 29.8 Å². The monoisotopic (exact) mass is 606 g/mol. The molecule has 0 unspecified atom stereocenters. The van der Waals surface area contributed by atoms with Gasteiger partial charge in [0.05, 0.1) is 32.3 Å². The molecule has 0 bridgehead atoms. The Labute approximate surface area is 229 Å². The Balaban J connectivity index is 1.69. The summed E-state index contributed by atoms with van der Waals surface area (Å²) in [5.74, 6) is -2.52. The largest absolute Gasteiger partial charge is 0.476 e. The highest BCUT2D eigenvalue weighted by atomic mass is 32.2. The van der Waals surface area contributed by atoms with E-state index in [1.54, 1.807) is 0 Å². The SMILES string of the molecule is O=C(O)C1=NN(c2ccc(S(=O)(=O)O)cc2)C(=O)/C1=C\C=C\c1c(C(O)O)[nH]n(-c2ccc(S(=O)(=O)O)cc2)c1=O. The van der Waals surface area contributed by atoms with Crippen LogP contribution >= 0.6 is 0 Å². The second-order valence-electron chi connectivity index (χ2n) is 8.20. The molecule has 18 heteroatoms. The highest BCUT2D eigenvalue weighted by molar-refractivity contribution is 7.86. The van der Waals surface area contributed by atoms with E-state index in [0.29, 0.717) is 5.01 Å². The van der Waals surface area contributed by atoms with E-state index in [2.05, 4.69) is 10.2 Å². The fraction of sp³-hybridized carbons (Fsp3) is 0.0435. The molecule has 6 N–H and O–H groups in total. The number of carbonyl (C=O) groups is 2. The summed E-state index contributed by atoms with van der Waals surface area (Å²) in [7, 11) is -9.03. The first kappa shape index (κ1) is 29.3. The van der Waals surface area contributed by atoms with Crippen molar-refractivity contribution in [2.75, 3.05) is 5.01 Å². The molecule has 1 aliphatic heterocycles.